The molecule has 4 N–H and O–H groups in total. The summed E-state index contributed by atoms with van der Waals surface area (Å²) in [4.78, 5) is 0.283. The van der Waals surface area contributed by atoms with E-state index in [0.29, 0.717) is 11.1 Å². The van der Waals surface area contributed by atoms with E-state index in [4.69, 9.17) is 28.2 Å². The van der Waals surface area contributed by atoms with E-state index in [1.807, 2.05) is 0 Å². The molecule has 1 aromatic rings. The monoisotopic (exact) mass is 318 g/mol. The van der Waals surface area contributed by atoms with Crippen LogP contribution in [-0.2, 0) is 10.0 Å². The molecular formula is C12H18N2O4S2. The summed E-state index contributed by atoms with van der Waals surface area (Å²) in [7, 11) is -3.76. The Balaban J connectivity index is 3.20. The maximum absolute atomic E-state index is 12.4. The van der Waals surface area contributed by atoms with E-state index in [1.54, 1.807) is 13.0 Å². The average molecular weight is 318 g/mol. The molecular weight excluding hydrogens is 300 g/mol. The first kappa shape index (κ1) is 17.0. The average Bonchev–Trinajstić information content (AvgIpc) is 2.37. The molecule has 0 spiro atoms. The fourth-order valence-corrected chi connectivity index (χ4v) is 3.53. The van der Waals surface area contributed by atoms with Gasteiger partial charge in [0.15, 0.2) is 0 Å². The van der Waals surface area contributed by atoms with Crippen LogP contribution in [0.1, 0.15) is 11.1 Å². The Morgan fingerprint density at radius 2 is 1.85 bits per heavy atom. The van der Waals surface area contributed by atoms with E-state index in [1.165, 1.54) is 12.1 Å². The van der Waals surface area contributed by atoms with Gasteiger partial charge in [-0.1, -0.05) is 18.3 Å². The lowest BCUT2D eigenvalue weighted by Crippen LogP contribution is -2.36. The van der Waals surface area contributed by atoms with Gasteiger partial charge in [-0.2, -0.15) is 4.31 Å². The highest BCUT2D eigenvalue weighted by Gasteiger charge is 2.24. The molecule has 20 heavy (non-hydrogen) atoms. The molecule has 0 radical (unpaired) electrons. The molecule has 8 heteroatoms. The largest absolute Gasteiger partial charge is 0.395 e. The van der Waals surface area contributed by atoms with Crippen LogP contribution in [0.4, 0.5) is 0 Å². The van der Waals surface area contributed by atoms with Gasteiger partial charge in [0.25, 0.3) is 0 Å². The maximum atomic E-state index is 12.4. The molecule has 1 rings (SSSR count). The van der Waals surface area contributed by atoms with Crippen molar-refractivity contribution in [2.24, 2.45) is 5.73 Å². The van der Waals surface area contributed by atoms with Gasteiger partial charge in [-0.3, -0.25) is 0 Å². The second kappa shape index (κ2) is 7.09. The number of rotatable bonds is 7. The molecule has 0 aromatic heterocycles. The smallest absolute Gasteiger partial charge is 0.243 e. The van der Waals surface area contributed by atoms with Crippen LogP contribution in [0.3, 0.4) is 0 Å². The lowest BCUT2D eigenvalue weighted by molar-refractivity contribution is 0.217. The molecule has 0 aliphatic rings. The summed E-state index contributed by atoms with van der Waals surface area (Å²) in [6, 6.07) is 4.45. The molecule has 112 valence electrons. The number of thiocarbonyl (C=S) groups is 1. The van der Waals surface area contributed by atoms with Crippen molar-refractivity contribution in [2.75, 3.05) is 26.3 Å². The predicted octanol–water partition coefficient (Wildman–Crippen LogP) is -0.395. The van der Waals surface area contributed by atoms with Crippen LogP contribution in [0.2, 0.25) is 0 Å². The molecule has 0 saturated carbocycles. The van der Waals surface area contributed by atoms with Crippen molar-refractivity contribution < 1.29 is 18.6 Å². The summed E-state index contributed by atoms with van der Waals surface area (Å²) in [5.41, 5.74) is 6.81. The Bertz CT molecular complexity index is 581. The van der Waals surface area contributed by atoms with E-state index >= 15 is 0 Å². The van der Waals surface area contributed by atoms with Crippen LogP contribution < -0.4 is 5.73 Å². The van der Waals surface area contributed by atoms with Crippen molar-refractivity contribution >= 4 is 27.2 Å². The second-order valence-corrected chi connectivity index (χ2v) is 6.57. The maximum Gasteiger partial charge on any atom is 0.243 e. The van der Waals surface area contributed by atoms with Gasteiger partial charge in [0.2, 0.25) is 10.0 Å². The Hall–Kier alpha value is -1.06. The highest BCUT2D eigenvalue weighted by Crippen LogP contribution is 2.19. The molecule has 1 aromatic carbocycles. The number of hydrogen-bond donors (Lipinski definition) is 3. The molecule has 6 nitrogen and oxygen atoms in total. The van der Waals surface area contributed by atoms with Gasteiger partial charge in [0, 0.05) is 18.7 Å². The van der Waals surface area contributed by atoms with Gasteiger partial charge in [0.1, 0.15) is 4.99 Å². The van der Waals surface area contributed by atoms with Gasteiger partial charge in [0.05, 0.1) is 18.1 Å². The normalized spacial score (nSPS) is 11.8. The van der Waals surface area contributed by atoms with Crippen molar-refractivity contribution in [1.82, 2.24) is 4.31 Å². The van der Waals surface area contributed by atoms with Crippen molar-refractivity contribution in [3.8, 4) is 0 Å². The molecule has 0 bridgehead atoms. The van der Waals surface area contributed by atoms with Crippen molar-refractivity contribution in [2.45, 2.75) is 11.8 Å². The number of sulfonamides is 1. The fraction of sp³-hybridized carbons (Fsp3) is 0.417. The fourth-order valence-electron chi connectivity index (χ4n) is 1.80. The van der Waals surface area contributed by atoms with E-state index < -0.39 is 10.0 Å². The van der Waals surface area contributed by atoms with Crippen LogP contribution in [0, 0.1) is 6.92 Å². The lowest BCUT2D eigenvalue weighted by atomic mass is 10.1. The first-order valence-electron chi connectivity index (χ1n) is 5.97. The van der Waals surface area contributed by atoms with Crippen LogP contribution in [0.25, 0.3) is 0 Å². The van der Waals surface area contributed by atoms with Crippen molar-refractivity contribution in [3.63, 3.8) is 0 Å². The third kappa shape index (κ3) is 3.74. The number of aryl methyl sites for hydroxylation is 1. The van der Waals surface area contributed by atoms with Gasteiger partial charge < -0.3 is 15.9 Å². The van der Waals surface area contributed by atoms with Crippen LogP contribution >= 0.6 is 12.2 Å². The zero-order valence-corrected chi connectivity index (χ0v) is 12.7. The molecule has 0 amide bonds. The van der Waals surface area contributed by atoms with Gasteiger partial charge in [-0.05, 0) is 24.6 Å². The van der Waals surface area contributed by atoms with E-state index in [0.717, 1.165) is 4.31 Å². The second-order valence-electron chi connectivity index (χ2n) is 4.19. The minimum Gasteiger partial charge on any atom is -0.395 e. The Kier molecular flexibility index (Phi) is 6.03. The highest BCUT2D eigenvalue weighted by atomic mass is 32.2. The summed E-state index contributed by atoms with van der Waals surface area (Å²) < 4.78 is 25.8. The first-order chi connectivity index (χ1) is 9.34. The van der Waals surface area contributed by atoms with Crippen molar-refractivity contribution in [1.29, 1.82) is 0 Å². The van der Waals surface area contributed by atoms with E-state index in [9.17, 15) is 8.42 Å². The van der Waals surface area contributed by atoms with Gasteiger partial charge in [-0.25, -0.2) is 8.42 Å². The van der Waals surface area contributed by atoms with E-state index in [-0.39, 0.29) is 36.2 Å². The predicted molar refractivity (Wildman–Crippen MR) is 80.0 cm³/mol. The summed E-state index contributed by atoms with van der Waals surface area (Å²) >= 11 is 4.87. The zero-order valence-electron chi connectivity index (χ0n) is 11.1. The lowest BCUT2D eigenvalue weighted by Gasteiger charge is -2.20. The summed E-state index contributed by atoms with van der Waals surface area (Å²) in [6.07, 6.45) is 0. The highest BCUT2D eigenvalue weighted by molar-refractivity contribution is 7.89. The van der Waals surface area contributed by atoms with Crippen LogP contribution in [0.5, 0.6) is 0 Å². The third-order valence-corrected chi connectivity index (χ3v) is 4.91. The number of nitrogens with zero attached hydrogens (tertiary/aromatic N) is 1. The van der Waals surface area contributed by atoms with Crippen LogP contribution in [-0.4, -0.2) is 54.2 Å². The molecule has 0 fully saturated rings. The topological polar surface area (TPSA) is 104 Å². The Morgan fingerprint density at radius 3 is 2.25 bits per heavy atom. The number of hydrogen-bond acceptors (Lipinski definition) is 5. The van der Waals surface area contributed by atoms with Crippen LogP contribution in [0.15, 0.2) is 23.1 Å². The standard InChI is InChI=1S/C12H18N2O4S2/c1-9-8-10(2-3-11(9)12(13)19)20(17,18)14(4-6-15)5-7-16/h2-3,8,15-16H,4-7H2,1H3,(H2,13,19). The minimum absolute atomic E-state index is 0.0704. The summed E-state index contributed by atoms with van der Waals surface area (Å²) in [5.74, 6) is 0. The van der Waals surface area contributed by atoms with Crippen molar-refractivity contribution in [3.05, 3.63) is 29.3 Å². The Morgan fingerprint density at radius 1 is 1.30 bits per heavy atom. The van der Waals surface area contributed by atoms with Gasteiger partial charge in [-0.15, -0.1) is 0 Å². The zero-order chi connectivity index (χ0) is 15.3. The third-order valence-electron chi connectivity index (χ3n) is 2.80. The van der Waals surface area contributed by atoms with E-state index in [2.05, 4.69) is 0 Å². The number of nitrogens with two attached hydrogens (primary N) is 1. The minimum atomic E-state index is -3.76. The van der Waals surface area contributed by atoms with Gasteiger partial charge >= 0.3 is 0 Å². The number of aliphatic hydroxyl groups excluding tert-OH is 2. The Labute approximate surface area is 123 Å². The molecule has 0 saturated heterocycles. The quantitative estimate of drug-likeness (QED) is 0.591. The molecule has 0 unspecified atom stereocenters. The number of benzene rings is 1. The SMILES string of the molecule is Cc1cc(S(=O)(=O)N(CCO)CCO)ccc1C(N)=S. The first-order valence-corrected chi connectivity index (χ1v) is 7.81. The molecule has 0 atom stereocenters. The summed E-state index contributed by atoms with van der Waals surface area (Å²) in [5, 5.41) is 17.8. The molecule has 0 heterocycles. The molecule has 0 aliphatic carbocycles. The molecule has 0 aliphatic heterocycles. The number of aliphatic hydroxyl groups is 2. The summed E-state index contributed by atoms with van der Waals surface area (Å²) in [6.45, 7) is 0.945.